The molecule has 0 radical (unpaired) electrons. The van der Waals surface area contributed by atoms with Gasteiger partial charge in [0.15, 0.2) is 0 Å². The maximum atomic E-state index is 10.2. The molecule has 6 rings (SSSR count). The first-order valence-electron chi connectivity index (χ1n) is 10.2. The van der Waals surface area contributed by atoms with Crippen LogP contribution in [0.3, 0.4) is 0 Å². The van der Waals surface area contributed by atoms with Gasteiger partial charge in [-0.3, -0.25) is 9.25 Å². The molecule has 6 aromatic rings. The summed E-state index contributed by atoms with van der Waals surface area (Å²) < 4.78 is 6.19. The summed E-state index contributed by atoms with van der Waals surface area (Å²) in [5.74, 6) is 0.255. The third-order valence-electron chi connectivity index (χ3n) is 6.06. The van der Waals surface area contributed by atoms with Crippen molar-refractivity contribution in [1.29, 1.82) is 0 Å². The zero-order chi connectivity index (χ0) is 21.3. The highest BCUT2D eigenvalue weighted by atomic mass is 16.3. The standard InChI is InChI=1S/C25H21N5O/c1-15-4-6-17(7-5-15)30-23(21-14-28(2)22-9-8-18(31)10-19(21)22)11-20-24-16(12-26-25(20)30)13-27-29(24)3/h4-14,31H,1-3H3. The van der Waals surface area contributed by atoms with Crippen molar-refractivity contribution in [2.45, 2.75) is 6.92 Å². The first kappa shape index (κ1) is 17.8. The summed E-state index contributed by atoms with van der Waals surface area (Å²) in [5.41, 5.74) is 7.32. The zero-order valence-corrected chi connectivity index (χ0v) is 17.5. The number of fused-ring (bicyclic) bond motifs is 4. The molecule has 0 atom stereocenters. The van der Waals surface area contributed by atoms with E-state index in [0.717, 1.165) is 49.8 Å². The maximum absolute atomic E-state index is 10.2. The Balaban J connectivity index is 1.78. The molecule has 152 valence electrons. The Morgan fingerprint density at radius 1 is 0.903 bits per heavy atom. The summed E-state index contributed by atoms with van der Waals surface area (Å²) in [7, 11) is 3.99. The van der Waals surface area contributed by atoms with Crippen molar-refractivity contribution >= 4 is 32.8 Å². The van der Waals surface area contributed by atoms with E-state index < -0.39 is 0 Å². The number of benzene rings is 2. The molecular formula is C25H21N5O. The molecule has 0 fully saturated rings. The minimum atomic E-state index is 0.255. The fourth-order valence-electron chi connectivity index (χ4n) is 4.55. The van der Waals surface area contributed by atoms with E-state index in [-0.39, 0.29) is 5.75 Å². The molecule has 0 spiro atoms. The van der Waals surface area contributed by atoms with Gasteiger partial charge >= 0.3 is 0 Å². The zero-order valence-electron chi connectivity index (χ0n) is 17.5. The highest BCUT2D eigenvalue weighted by Crippen LogP contribution is 2.38. The Morgan fingerprint density at radius 2 is 1.71 bits per heavy atom. The van der Waals surface area contributed by atoms with Crippen LogP contribution in [-0.4, -0.2) is 29.0 Å². The monoisotopic (exact) mass is 407 g/mol. The van der Waals surface area contributed by atoms with E-state index in [1.54, 1.807) is 6.07 Å². The van der Waals surface area contributed by atoms with E-state index in [1.165, 1.54) is 5.56 Å². The first-order chi connectivity index (χ1) is 15.0. The minimum Gasteiger partial charge on any atom is -0.508 e. The fourth-order valence-corrected chi connectivity index (χ4v) is 4.55. The van der Waals surface area contributed by atoms with Crippen LogP contribution in [0, 0.1) is 6.92 Å². The predicted molar refractivity (Wildman–Crippen MR) is 124 cm³/mol. The van der Waals surface area contributed by atoms with Gasteiger partial charge in [0.25, 0.3) is 0 Å². The number of phenolic OH excluding ortho intramolecular Hbond substituents is 1. The normalized spacial score (nSPS) is 11.8. The number of aromatic hydroxyl groups is 1. The smallest absolute Gasteiger partial charge is 0.147 e. The molecule has 31 heavy (non-hydrogen) atoms. The molecule has 6 nitrogen and oxygen atoms in total. The van der Waals surface area contributed by atoms with Crippen LogP contribution < -0.4 is 0 Å². The summed E-state index contributed by atoms with van der Waals surface area (Å²) in [4.78, 5) is 4.83. The third kappa shape index (κ3) is 2.51. The molecule has 0 aliphatic rings. The van der Waals surface area contributed by atoms with Gasteiger partial charge in [0.05, 0.1) is 17.4 Å². The summed E-state index contributed by atoms with van der Waals surface area (Å²) >= 11 is 0. The Kier molecular flexibility index (Phi) is 3.56. The van der Waals surface area contributed by atoms with Crippen molar-refractivity contribution in [3.8, 4) is 22.7 Å². The number of aryl methyl sites for hydroxylation is 3. The van der Waals surface area contributed by atoms with Crippen LogP contribution in [0.25, 0.3) is 49.8 Å². The van der Waals surface area contributed by atoms with Gasteiger partial charge in [0, 0.05) is 59.4 Å². The van der Waals surface area contributed by atoms with Crippen LogP contribution in [0.2, 0.25) is 0 Å². The molecule has 4 heterocycles. The van der Waals surface area contributed by atoms with Crippen LogP contribution in [0.15, 0.2) is 67.1 Å². The van der Waals surface area contributed by atoms with Crippen LogP contribution in [0.1, 0.15) is 5.56 Å². The SMILES string of the molecule is Cc1ccc(-n2c(-c3cn(C)c4ccc(O)cc34)cc3c4c(cnc32)cnn4C)cc1. The second-order valence-electron chi connectivity index (χ2n) is 8.12. The summed E-state index contributed by atoms with van der Waals surface area (Å²) in [6.45, 7) is 2.09. The maximum Gasteiger partial charge on any atom is 0.147 e. The summed E-state index contributed by atoms with van der Waals surface area (Å²) in [5, 5.41) is 17.7. The van der Waals surface area contributed by atoms with Gasteiger partial charge in [-0.1, -0.05) is 17.7 Å². The second-order valence-corrected chi connectivity index (χ2v) is 8.12. The molecule has 4 aromatic heterocycles. The molecule has 0 aliphatic heterocycles. The quantitative estimate of drug-likeness (QED) is 0.435. The van der Waals surface area contributed by atoms with Gasteiger partial charge in [0.2, 0.25) is 0 Å². The van der Waals surface area contributed by atoms with Gasteiger partial charge in [-0.25, -0.2) is 4.98 Å². The van der Waals surface area contributed by atoms with Crippen molar-refractivity contribution in [2.75, 3.05) is 0 Å². The van der Waals surface area contributed by atoms with Gasteiger partial charge < -0.3 is 9.67 Å². The number of nitrogens with zero attached hydrogens (tertiary/aromatic N) is 5. The number of hydrogen-bond acceptors (Lipinski definition) is 3. The fraction of sp³-hybridized carbons (Fsp3) is 0.120. The van der Waals surface area contributed by atoms with E-state index in [9.17, 15) is 5.11 Å². The van der Waals surface area contributed by atoms with Crippen LogP contribution in [0.4, 0.5) is 0 Å². The van der Waals surface area contributed by atoms with Crippen molar-refractivity contribution < 1.29 is 5.11 Å². The van der Waals surface area contributed by atoms with Crippen molar-refractivity contribution in [2.24, 2.45) is 14.1 Å². The van der Waals surface area contributed by atoms with Gasteiger partial charge in [-0.15, -0.1) is 0 Å². The second kappa shape index (κ2) is 6.22. The molecule has 0 amide bonds. The largest absolute Gasteiger partial charge is 0.508 e. The van der Waals surface area contributed by atoms with E-state index in [2.05, 4.69) is 57.7 Å². The average molecular weight is 407 g/mol. The van der Waals surface area contributed by atoms with E-state index in [0.29, 0.717) is 0 Å². The van der Waals surface area contributed by atoms with E-state index in [4.69, 9.17) is 4.98 Å². The number of pyridine rings is 1. The Hall–Kier alpha value is -4.06. The summed E-state index contributed by atoms with van der Waals surface area (Å²) in [6.07, 6.45) is 5.85. The molecule has 6 heteroatoms. The lowest BCUT2D eigenvalue weighted by Gasteiger charge is -2.11. The van der Waals surface area contributed by atoms with Gasteiger partial charge in [-0.05, 0) is 43.3 Å². The van der Waals surface area contributed by atoms with Crippen molar-refractivity contribution in [1.82, 2.24) is 23.9 Å². The Bertz CT molecular complexity index is 1620. The molecule has 0 saturated carbocycles. The molecule has 1 N–H and O–H groups in total. The van der Waals surface area contributed by atoms with E-state index >= 15 is 0 Å². The lowest BCUT2D eigenvalue weighted by Crippen LogP contribution is -1.98. The van der Waals surface area contributed by atoms with Crippen LogP contribution in [-0.2, 0) is 14.1 Å². The average Bonchev–Trinajstić information content (AvgIpc) is 3.42. The number of phenols is 1. The lowest BCUT2D eigenvalue weighted by molar-refractivity contribution is 0.476. The van der Waals surface area contributed by atoms with Gasteiger partial charge in [0.1, 0.15) is 11.4 Å². The molecule has 0 aliphatic carbocycles. The number of rotatable bonds is 2. The Labute approximate surface area is 178 Å². The minimum absolute atomic E-state index is 0.255. The molecule has 0 unspecified atom stereocenters. The highest BCUT2D eigenvalue weighted by molar-refractivity contribution is 6.07. The molecule has 0 saturated heterocycles. The number of aromatic nitrogens is 5. The molecule has 2 aromatic carbocycles. The number of hydrogen-bond donors (Lipinski definition) is 1. The third-order valence-corrected chi connectivity index (χ3v) is 6.06. The summed E-state index contributed by atoms with van der Waals surface area (Å²) in [6, 6.07) is 16.2. The van der Waals surface area contributed by atoms with Crippen molar-refractivity contribution in [3.63, 3.8) is 0 Å². The predicted octanol–water partition coefficient (Wildman–Crippen LogP) is 5.08. The van der Waals surface area contributed by atoms with Crippen LogP contribution >= 0.6 is 0 Å². The first-order valence-corrected chi connectivity index (χ1v) is 10.2. The van der Waals surface area contributed by atoms with Crippen molar-refractivity contribution in [3.05, 3.63) is 72.7 Å². The lowest BCUT2D eigenvalue weighted by atomic mass is 10.1. The Morgan fingerprint density at radius 3 is 2.52 bits per heavy atom. The van der Waals surface area contributed by atoms with Gasteiger partial charge in [-0.2, -0.15) is 5.10 Å². The highest BCUT2D eigenvalue weighted by Gasteiger charge is 2.20. The van der Waals surface area contributed by atoms with E-state index in [1.807, 2.05) is 43.3 Å². The molecule has 0 bridgehead atoms. The topological polar surface area (TPSA) is 60.8 Å². The van der Waals surface area contributed by atoms with Crippen LogP contribution in [0.5, 0.6) is 5.75 Å². The molecular weight excluding hydrogens is 386 g/mol.